The number of nitrogen functional groups attached to an aromatic ring is 1. The average Bonchev–Trinajstić information content (AvgIpc) is 2.80. The molecule has 0 radical (unpaired) electrons. The molecule has 1 aromatic heterocycles. The number of nitrogens with one attached hydrogen (secondary N) is 1. The molecule has 19 heavy (non-hydrogen) atoms. The summed E-state index contributed by atoms with van der Waals surface area (Å²) in [4.78, 5) is 12.1. The maximum atomic E-state index is 12.1. The quantitative estimate of drug-likeness (QED) is 0.828. The van der Waals surface area contributed by atoms with Gasteiger partial charge in [0, 0.05) is 23.7 Å². The van der Waals surface area contributed by atoms with Crippen molar-refractivity contribution in [1.82, 2.24) is 5.32 Å². The van der Waals surface area contributed by atoms with Gasteiger partial charge in [-0.15, -0.1) is 0 Å². The van der Waals surface area contributed by atoms with Gasteiger partial charge in [-0.3, -0.25) is 4.79 Å². The van der Waals surface area contributed by atoms with Gasteiger partial charge in [-0.1, -0.05) is 0 Å². The zero-order valence-corrected chi connectivity index (χ0v) is 11.1. The molecule has 1 heterocycles. The highest BCUT2D eigenvalue weighted by molar-refractivity contribution is 5.95. The fourth-order valence-electron chi connectivity index (χ4n) is 2.03. The Balaban J connectivity index is 2.00. The smallest absolute Gasteiger partial charge is 0.251 e. The lowest BCUT2D eigenvalue weighted by Crippen LogP contribution is -2.34. The van der Waals surface area contributed by atoms with Gasteiger partial charge in [0.2, 0.25) is 0 Å². The van der Waals surface area contributed by atoms with Crippen LogP contribution in [-0.4, -0.2) is 11.9 Å². The molecule has 2 aromatic rings. The molecule has 0 aliphatic rings. The topological polar surface area (TPSA) is 68.3 Å². The van der Waals surface area contributed by atoms with Gasteiger partial charge in [-0.25, -0.2) is 0 Å². The predicted octanol–water partition coefficient (Wildman–Crippen LogP) is 2.53. The van der Waals surface area contributed by atoms with Crippen molar-refractivity contribution < 1.29 is 9.21 Å². The molecule has 0 aliphatic heterocycles. The first-order valence-corrected chi connectivity index (χ1v) is 6.25. The molecule has 100 valence electrons. The molecular weight excluding hydrogens is 240 g/mol. The van der Waals surface area contributed by atoms with E-state index in [1.807, 2.05) is 38.1 Å². The second-order valence-corrected chi connectivity index (χ2v) is 4.79. The van der Waals surface area contributed by atoms with Crippen molar-refractivity contribution in [2.75, 3.05) is 5.73 Å². The maximum absolute atomic E-state index is 12.1. The first-order valence-electron chi connectivity index (χ1n) is 6.25. The highest BCUT2D eigenvalue weighted by Gasteiger charge is 2.12. The number of amides is 1. The summed E-state index contributed by atoms with van der Waals surface area (Å²) in [6.07, 6.45) is 2.30. The van der Waals surface area contributed by atoms with E-state index in [9.17, 15) is 4.79 Å². The van der Waals surface area contributed by atoms with Crippen LogP contribution in [0.4, 0.5) is 5.69 Å². The van der Waals surface area contributed by atoms with Crippen LogP contribution in [0.3, 0.4) is 0 Å². The van der Waals surface area contributed by atoms with Crippen molar-refractivity contribution in [3.05, 3.63) is 53.5 Å². The normalized spacial score (nSPS) is 12.1. The third-order valence-corrected chi connectivity index (χ3v) is 2.83. The molecule has 1 unspecified atom stereocenters. The Labute approximate surface area is 112 Å². The van der Waals surface area contributed by atoms with E-state index >= 15 is 0 Å². The lowest BCUT2D eigenvalue weighted by Gasteiger charge is -2.13. The molecule has 0 fully saturated rings. The van der Waals surface area contributed by atoms with Crippen LogP contribution in [-0.2, 0) is 6.42 Å². The van der Waals surface area contributed by atoms with Crippen molar-refractivity contribution in [2.45, 2.75) is 26.3 Å². The van der Waals surface area contributed by atoms with E-state index in [2.05, 4.69) is 5.32 Å². The Kier molecular flexibility index (Phi) is 3.90. The number of anilines is 1. The highest BCUT2D eigenvalue weighted by atomic mass is 16.3. The largest absolute Gasteiger partial charge is 0.469 e. The van der Waals surface area contributed by atoms with Crippen LogP contribution < -0.4 is 11.1 Å². The highest BCUT2D eigenvalue weighted by Crippen LogP contribution is 2.12. The zero-order chi connectivity index (χ0) is 13.8. The maximum Gasteiger partial charge on any atom is 0.251 e. The summed E-state index contributed by atoms with van der Waals surface area (Å²) in [7, 11) is 0. The van der Waals surface area contributed by atoms with E-state index in [1.165, 1.54) is 0 Å². The number of hydrogen-bond donors (Lipinski definition) is 2. The van der Waals surface area contributed by atoms with Crippen LogP contribution in [0, 0.1) is 6.92 Å². The predicted molar refractivity (Wildman–Crippen MR) is 74.9 cm³/mol. The summed E-state index contributed by atoms with van der Waals surface area (Å²) in [5, 5.41) is 2.93. The van der Waals surface area contributed by atoms with E-state index in [1.54, 1.807) is 12.3 Å². The minimum absolute atomic E-state index is 0.000358. The summed E-state index contributed by atoms with van der Waals surface area (Å²) < 4.78 is 5.26. The third-order valence-electron chi connectivity index (χ3n) is 2.83. The fraction of sp³-hybridized carbons (Fsp3) is 0.267. The van der Waals surface area contributed by atoms with Gasteiger partial charge < -0.3 is 15.5 Å². The molecule has 0 spiro atoms. The molecular formula is C15H18N2O2. The lowest BCUT2D eigenvalue weighted by molar-refractivity contribution is 0.0939. The molecule has 4 heteroatoms. The van der Waals surface area contributed by atoms with Crippen molar-refractivity contribution in [3.63, 3.8) is 0 Å². The van der Waals surface area contributed by atoms with E-state index in [0.29, 0.717) is 17.7 Å². The summed E-state index contributed by atoms with van der Waals surface area (Å²) in [5.41, 5.74) is 7.91. The fourth-order valence-corrected chi connectivity index (χ4v) is 2.03. The van der Waals surface area contributed by atoms with Crippen molar-refractivity contribution in [2.24, 2.45) is 0 Å². The van der Waals surface area contributed by atoms with Gasteiger partial charge in [-0.2, -0.15) is 0 Å². The standard InChI is InChI=1S/C15H18N2O2/c1-10-6-12(9-13(16)7-10)15(18)17-11(2)8-14-4-3-5-19-14/h3-7,9,11H,8,16H2,1-2H3,(H,17,18). The van der Waals surface area contributed by atoms with E-state index in [-0.39, 0.29) is 11.9 Å². The van der Waals surface area contributed by atoms with E-state index < -0.39 is 0 Å². The van der Waals surface area contributed by atoms with Crippen LogP contribution in [0.15, 0.2) is 41.0 Å². The van der Waals surface area contributed by atoms with Crippen LogP contribution in [0.1, 0.15) is 28.6 Å². The Bertz CT molecular complexity index is 541. The number of carbonyl (C=O) groups is 1. The summed E-state index contributed by atoms with van der Waals surface area (Å²) >= 11 is 0. The van der Waals surface area contributed by atoms with Gasteiger partial charge in [0.25, 0.3) is 5.91 Å². The van der Waals surface area contributed by atoms with Gasteiger partial charge in [0.05, 0.1) is 6.26 Å². The Morgan fingerprint density at radius 3 is 2.84 bits per heavy atom. The number of hydrogen-bond acceptors (Lipinski definition) is 3. The van der Waals surface area contributed by atoms with Gasteiger partial charge in [-0.05, 0) is 49.7 Å². The Morgan fingerprint density at radius 1 is 1.42 bits per heavy atom. The molecule has 0 saturated heterocycles. The van der Waals surface area contributed by atoms with E-state index in [4.69, 9.17) is 10.2 Å². The molecule has 0 saturated carbocycles. The Hall–Kier alpha value is -2.23. The Morgan fingerprint density at radius 2 is 2.21 bits per heavy atom. The monoisotopic (exact) mass is 258 g/mol. The van der Waals surface area contributed by atoms with Crippen molar-refractivity contribution in [1.29, 1.82) is 0 Å². The van der Waals surface area contributed by atoms with Crippen molar-refractivity contribution >= 4 is 11.6 Å². The number of nitrogens with two attached hydrogens (primary N) is 1. The van der Waals surface area contributed by atoms with Gasteiger partial charge >= 0.3 is 0 Å². The number of rotatable bonds is 4. The summed E-state index contributed by atoms with van der Waals surface area (Å²) in [5.74, 6) is 0.742. The lowest BCUT2D eigenvalue weighted by atomic mass is 10.1. The number of benzene rings is 1. The summed E-state index contributed by atoms with van der Waals surface area (Å²) in [6.45, 7) is 3.86. The third kappa shape index (κ3) is 3.61. The number of carbonyl (C=O) groups excluding carboxylic acids is 1. The first kappa shape index (κ1) is 13.2. The number of aryl methyl sites for hydroxylation is 1. The minimum atomic E-state index is -0.116. The van der Waals surface area contributed by atoms with Gasteiger partial charge in [0.15, 0.2) is 0 Å². The molecule has 3 N–H and O–H groups in total. The number of furan rings is 1. The van der Waals surface area contributed by atoms with Crippen molar-refractivity contribution in [3.8, 4) is 0 Å². The molecule has 1 atom stereocenters. The van der Waals surface area contributed by atoms with Crippen LogP contribution in [0.25, 0.3) is 0 Å². The second kappa shape index (κ2) is 5.61. The average molecular weight is 258 g/mol. The zero-order valence-electron chi connectivity index (χ0n) is 11.1. The molecule has 2 rings (SSSR count). The molecule has 0 bridgehead atoms. The molecule has 1 amide bonds. The first-order chi connectivity index (χ1) is 9.04. The van der Waals surface area contributed by atoms with Gasteiger partial charge in [0.1, 0.15) is 5.76 Å². The summed E-state index contributed by atoms with van der Waals surface area (Å²) in [6, 6.07) is 9.08. The molecule has 0 aliphatic carbocycles. The second-order valence-electron chi connectivity index (χ2n) is 4.79. The SMILES string of the molecule is Cc1cc(N)cc(C(=O)NC(C)Cc2ccco2)c1. The molecule has 4 nitrogen and oxygen atoms in total. The molecule has 1 aromatic carbocycles. The van der Waals surface area contributed by atoms with Crippen LogP contribution >= 0.6 is 0 Å². The van der Waals surface area contributed by atoms with Crippen LogP contribution in [0.5, 0.6) is 0 Å². The van der Waals surface area contributed by atoms with Crippen LogP contribution in [0.2, 0.25) is 0 Å². The minimum Gasteiger partial charge on any atom is -0.469 e. The van der Waals surface area contributed by atoms with E-state index in [0.717, 1.165) is 11.3 Å².